The molecule has 186 valence electrons. The number of ether oxygens (including phenoxy) is 1. The molecule has 35 heavy (non-hydrogen) atoms. The second kappa shape index (κ2) is 12.3. The summed E-state index contributed by atoms with van der Waals surface area (Å²) in [5, 5.41) is 15.8. The molecular formula is C24H27Cl2N5O3S. The second-order valence-corrected chi connectivity index (χ2v) is 9.76. The van der Waals surface area contributed by atoms with Crippen molar-refractivity contribution in [3.8, 4) is 5.75 Å². The van der Waals surface area contributed by atoms with Gasteiger partial charge >= 0.3 is 0 Å². The van der Waals surface area contributed by atoms with E-state index in [1.807, 2.05) is 25.3 Å². The molecule has 1 atom stereocenters. The summed E-state index contributed by atoms with van der Waals surface area (Å²) in [5.74, 6) is 0.927. The predicted octanol–water partition coefficient (Wildman–Crippen LogP) is 5.47. The van der Waals surface area contributed by atoms with Gasteiger partial charge in [-0.05, 0) is 43.2 Å². The van der Waals surface area contributed by atoms with E-state index in [1.165, 1.54) is 17.8 Å². The minimum Gasteiger partial charge on any atom is -0.497 e. The number of rotatable bonds is 10. The predicted molar refractivity (Wildman–Crippen MR) is 140 cm³/mol. The van der Waals surface area contributed by atoms with Crippen LogP contribution in [0.25, 0.3) is 0 Å². The fourth-order valence-corrected chi connectivity index (χ4v) is 4.69. The summed E-state index contributed by atoms with van der Waals surface area (Å²) in [6.07, 6.45) is 0. The zero-order chi connectivity index (χ0) is 25.5. The number of aromatic nitrogens is 3. The van der Waals surface area contributed by atoms with Crippen molar-refractivity contribution in [1.82, 2.24) is 20.1 Å². The summed E-state index contributed by atoms with van der Waals surface area (Å²) >= 11 is 13.4. The molecule has 1 aromatic heterocycles. The first-order valence-electron chi connectivity index (χ1n) is 11.0. The van der Waals surface area contributed by atoms with Crippen LogP contribution < -0.4 is 15.4 Å². The zero-order valence-corrected chi connectivity index (χ0v) is 22.2. The van der Waals surface area contributed by atoms with Crippen LogP contribution in [0.3, 0.4) is 0 Å². The molecule has 2 amide bonds. The van der Waals surface area contributed by atoms with Gasteiger partial charge in [0, 0.05) is 23.3 Å². The van der Waals surface area contributed by atoms with E-state index < -0.39 is 6.04 Å². The Morgan fingerprint density at radius 3 is 2.57 bits per heavy atom. The summed E-state index contributed by atoms with van der Waals surface area (Å²) in [6, 6.07) is 11.5. The van der Waals surface area contributed by atoms with Crippen LogP contribution in [0.1, 0.15) is 43.0 Å². The lowest BCUT2D eigenvalue weighted by Gasteiger charge is -2.22. The van der Waals surface area contributed by atoms with Gasteiger partial charge in [0.25, 0.3) is 5.91 Å². The number of anilines is 1. The Hall–Kier alpha value is -2.75. The van der Waals surface area contributed by atoms with Gasteiger partial charge in [-0.1, -0.05) is 54.9 Å². The molecule has 0 aliphatic heterocycles. The highest BCUT2D eigenvalue weighted by Gasteiger charge is 2.27. The zero-order valence-electron chi connectivity index (χ0n) is 19.8. The van der Waals surface area contributed by atoms with Gasteiger partial charge in [0.1, 0.15) is 5.75 Å². The summed E-state index contributed by atoms with van der Waals surface area (Å²) in [5.41, 5.74) is 0.976. The molecule has 2 N–H and O–H groups in total. The van der Waals surface area contributed by atoms with E-state index in [0.29, 0.717) is 39.5 Å². The normalized spacial score (nSPS) is 11.9. The lowest BCUT2D eigenvalue weighted by Crippen LogP contribution is -2.34. The molecule has 3 aromatic rings. The van der Waals surface area contributed by atoms with Crippen LogP contribution in [-0.2, 0) is 11.3 Å². The number of carbonyl (C=O) groups excluding carboxylic acids is 2. The smallest absolute Gasteiger partial charge is 0.253 e. The van der Waals surface area contributed by atoms with Gasteiger partial charge in [0.05, 0.1) is 29.5 Å². The van der Waals surface area contributed by atoms with Gasteiger partial charge in [-0.3, -0.25) is 9.59 Å². The number of amides is 2. The van der Waals surface area contributed by atoms with Crippen molar-refractivity contribution >= 4 is 52.5 Å². The third-order valence-corrected chi connectivity index (χ3v) is 6.67. The Balaban J connectivity index is 1.72. The number of nitrogens with zero attached hydrogens (tertiary/aromatic N) is 3. The molecule has 0 fully saturated rings. The van der Waals surface area contributed by atoms with E-state index in [4.69, 9.17) is 27.9 Å². The van der Waals surface area contributed by atoms with Crippen molar-refractivity contribution in [2.24, 2.45) is 5.92 Å². The van der Waals surface area contributed by atoms with Crippen LogP contribution in [0.5, 0.6) is 5.75 Å². The molecule has 0 aliphatic rings. The van der Waals surface area contributed by atoms with Crippen LogP contribution in [-0.4, -0.2) is 39.4 Å². The van der Waals surface area contributed by atoms with Crippen molar-refractivity contribution in [2.75, 3.05) is 18.2 Å². The Labute approximate surface area is 218 Å². The van der Waals surface area contributed by atoms with Crippen LogP contribution in [0.4, 0.5) is 5.69 Å². The van der Waals surface area contributed by atoms with E-state index in [-0.39, 0.29) is 28.5 Å². The molecule has 0 aliphatic carbocycles. The fourth-order valence-electron chi connectivity index (χ4n) is 3.38. The lowest BCUT2D eigenvalue weighted by molar-refractivity contribution is -0.113. The van der Waals surface area contributed by atoms with Crippen LogP contribution in [0.2, 0.25) is 10.0 Å². The minimum atomic E-state index is -0.415. The topological polar surface area (TPSA) is 98.1 Å². The molecule has 0 saturated heterocycles. The largest absolute Gasteiger partial charge is 0.497 e. The van der Waals surface area contributed by atoms with Gasteiger partial charge in [0.2, 0.25) is 5.91 Å². The van der Waals surface area contributed by atoms with Crippen molar-refractivity contribution in [2.45, 2.75) is 38.5 Å². The standard InChI is InChI=1S/C24H27Cl2N5O3S/c1-5-31-22(21(14(2)3)28-23(33)18-10-9-15(25)11-19(18)26)29-30-24(31)35-13-20(32)27-16-7-6-8-17(12-16)34-4/h6-12,14,21H,5,13H2,1-4H3,(H,27,32)(H,28,33). The summed E-state index contributed by atoms with van der Waals surface area (Å²) in [7, 11) is 1.57. The Kier molecular flexibility index (Phi) is 9.42. The summed E-state index contributed by atoms with van der Waals surface area (Å²) < 4.78 is 7.09. The quantitative estimate of drug-likeness (QED) is 0.334. The van der Waals surface area contributed by atoms with Gasteiger partial charge in [0.15, 0.2) is 11.0 Å². The number of halogens is 2. The van der Waals surface area contributed by atoms with E-state index >= 15 is 0 Å². The van der Waals surface area contributed by atoms with E-state index in [0.717, 1.165) is 0 Å². The molecule has 0 bridgehead atoms. The lowest BCUT2D eigenvalue weighted by atomic mass is 10.0. The Morgan fingerprint density at radius 2 is 1.91 bits per heavy atom. The van der Waals surface area contributed by atoms with E-state index in [2.05, 4.69) is 20.8 Å². The first kappa shape index (κ1) is 26.8. The maximum absolute atomic E-state index is 12.9. The molecular weight excluding hydrogens is 509 g/mol. The maximum Gasteiger partial charge on any atom is 0.253 e. The van der Waals surface area contributed by atoms with Crippen LogP contribution >= 0.6 is 35.0 Å². The summed E-state index contributed by atoms with van der Waals surface area (Å²) in [6.45, 7) is 6.50. The maximum atomic E-state index is 12.9. The SMILES string of the molecule is CCn1c(SCC(=O)Nc2cccc(OC)c2)nnc1C(NC(=O)c1ccc(Cl)cc1Cl)C(C)C. The van der Waals surface area contributed by atoms with Crippen LogP contribution in [0.15, 0.2) is 47.6 Å². The number of carbonyl (C=O) groups is 2. The highest BCUT2D eigenvalue weighted by Crippen LogP contribution is 2.27. The molecule has 0 saturated carbocycles. The molecule has 3 rings (SSSR count). The first-order valence-corrected chi connectivity index (χ1v) is 12.7. The molecule has 0 spiro atoms. The second-order valence-electron chi connectivity index (χ2n) is 7.97. The van der Waals surface area contributed by atoms with E-state index in [9.17, 15) is 9.59 Å². The number of hydrogen-bond acceptors (Lipinski definition) is 6. The number of hydrogen-bond donors (Lipinski definition) is 2. The molecule has 1 unspecified atom stereocenters. The van der Waals surface area contributed by atoms with Gasteiger partial charge in [-0.15, -0.1) is 10.2 Å². The van der Waals surface area contributed by atoms with Gasteiger partial charge < -0.3 is 19.9 Å². The highest BCUT2D eigenvalue weighted by molar-refractivity contribution is 7.99. The molecule has 11 heteroatoms. The average Bonchev–Trinajstić information content (AvgIpc) is 3.23. The van der Waals surface area contributed by atoms with Gasteiger partial charge in [-0.2, -0.15) is 0 Å². The number of benzene rings is 2. The third-order valence-electron chi connectivity index (χ3n) is 5.15. The summed E-state index contributed by atoms with van der Waals surface area (Å²) in [4.78, 5) is 25.4. The van der Waals surface area contributed by atoms with Crippen molar-refractivity contribution in [3.63, 3.8) is 0 Å². The first-order chi connectivity index (χ1) is 16.7. The van der Waals surface area contributed by atoms with Gasteiger partial charge in [-0.25, -0.2) is 0 Å². The number of thioether (sulfide) groups is 1. The third kappa shape index (κ3) is 6.90. The molecule has 1 heterocycles. The van der Waals surface area contributed by atoms with E-state index in [1.54, 1.807) is 43.5 Å². The molecule has 8 nitrogen and oxygen atoms in total. The number of methoxy groups -OCH3 is 1. The molecule has 2 aromatic carbocycles. The fraction of sp³-hybridized carbons (Fsp3) is 0.333. The highest BCUT2D eigenvalue weighted by atomic mass is 35.5. The Bertz CT molecular complexity index is 1200. The van der Waals surface area contributed by atoms with Crippen molar-refractivity contribution < 1.29 is 14.3 Å². The van der Waals surface area contributed by atoms with Crippen LogP contribution in [0, 0.1) is 5.92 Å². The van der Waals surface area contributed by atoms with Crippen molar-refractivity contribution in [3.05, 3.63) is 63.9 Å². The Morgan fingerprint density at radius 1 is 1.14 bits per heavy atom. The monoisotopic (exact) mass is 535 g/mol. The minimum absolute atomic E-state index is 0.0220. The van der Waals surface area contributed by atoms with Crippen molar-refractivity contribution in [1.29, 1.82) is 0 Å². The number of nitrogens with one attached hydrogen (secondary N) is 2. The molecule has 0 radical (unpaired) electrons. The average molecular weight is 536 g/mol.